The van der Waals surface area contributed by atoms with Crippen molar-refractivity contribution >= 4 is 23.4 Å². The monoisotopic (exact) mass is 347 g/mol. The van der Waals surface area contributed by atoms with E-state index in [9.17, 15) is 14.9 Å². The number of carbonyl (C=O) groups is 1. The average Bonchev–Trinajstić information content (AvgIpc) is 2.61. The summed E-state index contributed by atoms with van der Waals surface area (Å²) < 4.78 is 15.7. The van der Waals surface area contributed by atoms with Gasteiger partial charge >= 0.3 is 5.97 Å². The van der Waals surface area contributed by atoms with Crippen LogP contribution >= 0.6 is 11.8 Å². The minimum atomic E-state index is -0.626. The molecule has 0 radical (unpaired) electrons. The van der Waals surface area contributed by atoms with Gasteiger partial charge in [0.1, 0.15) is 13.2 Å². The quantitative estimate of drug-likeness (QED) is 0.476. The van der Waals surface area contributed by atoms with Crippen LogP contribution in [0.3, 0.4) is 0 Å². The second-order valence-electron chi connectivity index (χ2n) is 4.84. The Balaban J connectivity index is 1.94. The van der Waals surface area contributed by atoms with Gasteiger partial charge in [0.25, 0.3) is 5.69 Å². The summed E-state index contributed by atoms with van der Waals surface area (Å²) in [6, 6.07) is 9.53. The van der Waals surface area contributed by atoms with Crippen molar-refractivity contribution in [2.45, 2.75) is 9.79 Å². The van der Waals surface area contributed by atoms with E-state index in [1.807, 2.05) is 12.1 Å². The minimum Gasteiger partial charge on any atom is -0.486 e. The number of benzene rings is 2. The lowest BCUT2D eigenvalue weighted by Gasteiger charge is -2.18. The summed E-state index contributed by atoms with van der Waals surface area (Å²) in [4.78, 5) is 23.7. The van der Waals surface area contributed by atoms with Gasteiger partial charge in [-0.3, -0.25) is 10.1 Å². The second-order valence-corrected chi connectivity index (χ2v) is 5.95. The lowest BCUT2D eigenvalue weighted by molar-refractivity contribution is -0.384. The van der Waals surface area contributed by atoms with Crippen molar-refractivity contribution in [3.8, 4) is 11.5 Å². The standard InChI is InChI=1S/C16H13NO6S/c1-21-16(18)12-8-10(17(19)20)2-5-15(12)24-11-3-4-13-14(9-11)23-7-6-22-13/h2-5,8-9H,6-7H2,1H3. The fourth-order valence-electron chi connectivity index (χ4n) is 2.20. The first kappa shape index (κ1) is 16.1. The molecule has 0 N–H and O–H groups in total. The predicted molar refractivity (Wildman–Crippen MR) is 86.0 cm³/mol. The molecule has 0 aromatic heterocycles. The van der Waals surface area contributed by atoms with Crippen molar-refractivity contribution in [2.75, 3.05) is 20.3 Å². The molecule has 3 rings (SSSR count). The van der Waals surface area contributed by atoms with E-state index in [1.165, 1.54) is 37.1 Å². The maximum Gasteiger partial charge on any atom is 0.339 e. The fourth-order valence-corrected chi connectivity index (χ4v) is 3.15. The van der Waals surface area contributed by atoms with E-state index in [0.29, 0.717) is 29.6 Å². The molecule has 0 atom stereocenters. The molecule has 2 aromatic rings. The van der Waals surface area contributed by atoms with Crippen LogP contribution in [0.1, 0.15) is 10.4 Å². The first-order valence-corrected chi connectivity index (χ1v) is 7.84. The highest BCUT2D eigenvalue weighted by Crippen LogP contribution is 2.38. The zero-order chi connectivity index (χ0) is 17.1. The van der Waals surface area contributed by atoms with Gasteiger partial charge < -0.3 is 14.2 Å². The number of carbonyl (C=O) groups excluding carboxylic acids is 1. The van der Waals surface area contributed by atoms with Crippen LogP contribution in [0, 0.1) is 10.1 Å². The van der Waals surface area contributed by atoms with Gasteiger partial charge in [-0.05, 0) is 24.3 Å². The van der Waals surface area contributed by atoms with Gasteiger partial charge in [0.15, 0.2) is 11.5 Å². The summed E-state index contributed by atoms with van der Waals surface area (Å²) in [5.41, 5.74) is -0.0199. The van der Waals surface area contributed by atoms with Crippen LogP contribution in [-0.4, -0.2) is 31.2 Å². The van der Waals surface area contributed by atoms with Crippen molar-refractivity contribution in [2.24, 2.45) is 0 Å². The van der Waals surface area contributed by atoms with E-state index < -0.39 is 10.9 Å². The summed E-state index contributed by atoms with van der Waals surface area (Å²) in [7, 11) is 1.24. The molecule has 1 aliphatic rings. The van der Waals surface area contributed by atoms with Crippen molar-refractivity contribution in [1.29, 1.82) is 0 Å². The van der Waals surface area contributed by atoms with Gasteiger partial charge in [0.05, 0.1) is 17.6 Å². The fraction of sp³-hybridized carbons (Fsp3) is 0.188. The normalized spacial score (nSPS) is 12.5. The van der Waals surface area contributed by atoms with Crippen molar-refractivity contribution < 1.29 is 23.9 Å². The molecule has 8 heteroatoms. The zero-order valence-corrected chi connectivity index (χ0v) is 13.5. The highest BCUT2D eigenvalue weighted by molar-refractivity contribution is 7.99. The predicted octanol–water partition coefficient (Wildman–Crippen LogP) is 3.30. The molecule has 0 fully saturated rings. The molecule has 0 aliphatic carbocycles. The number of methoxy groups -OCH3 is 1. The third kappa shape index (κ3) is 3.28. The Morgan fingerprint density at radius 3 is 2.62 bits per heavy atom. The SMILES string of the molecule is COC(=O)c1cc([N+](=O)[O-])ccc1Sc1ccc2c(c1)OCCO2. The van der Waals surface area contributed by atoms with E-state index in [-0.39, 0.29) is 11.3 Å². The van der Waals surface area contributed by atoms with E-state index in [4.69, 9.17) is 14.2 Å². The number of non-ortho nitro benzene ring substituents is 1. The van der Waals surface area contributed by atoms with Crippen molar-refractivity contribution in [3.63, 3.8) is 0 Å². The van der Waals surface area contributed by atoms with Gasteiger partial charge in [-0.2, -0.15) is 0 Å². The van der Waals surface area contributed by atoms with E-state index in [2.05, 4.69) is 0 Å². The van der Waals surface area contributed by atoms with Crippen molar-refractivity contribution in [3.05, 3.63) is 52.1 Å². The number of fused-ring (bicyclic) bond motifs is 1. The van der Waals surface area contributed by atoms with Crippen LogP contribution < -0.4 is 9.47 Å². The number of nitro benzene ring substituents is 1. The van der Waals surface area contributed by atoms with Gasteiger partial charge in [-0.15, -0.1) is 0 Å². The summed E-state index contributed by atoms with van der Waals surface area (Å²) in [5, 5.41) is 10.9. The van der Waals surface area contributed by atoms with Crippen LogP contribution in [0.25, 0.3) is 0 Å². The first-order valence-electron chi connectivity index (χ1n) is 7.03. The molecule has 0 saturated heterocycles. The van der Waals surface area contributed by atoms with Crippen LogP contribution in [0.4, 0.5) is 5.69 Å². The molecule has 0 spiro atoms. The maximum absolute atomic E-state index is 11.9. The highest BCUT2D eigenvalue weighted by atomic mass is 32.2. The number of rotatable bonds is 4. The molecule has 124 valence electrons. The molecule has 2 aromatic carbocycles. The van der Waals surface area contributed by atoms with Gasteiger partial charge in [-0.25, -0.2) is 4.79 Å². The van der Waals surface area contributed by atoms with Crippen LogP contribution in [0.2, 0.25) is 0 Å². The lowest BCUT2D eigenvalue weighted by atomic mass is 10.2. The molecular formula is C16H13NO6S. The molecule has 0 amide bonds. The largest absolute Gasteiger partial charge is 0.486 e. The molecule has 1 aliphatic heterocycles. The van der Waals surface area contributed by atoms with E-state index >= 15 is 0 Å². The van der Waals surface area contributed by atoms with Crippen molar-refractivity contribution in [1.82, 2.24) is 0 Å². The summed E-state index contributed by atoms with van der Waals surface area (Å²) in [6.45, 7) is 0.987. The second kappa shape index (κ2) is 6.79. The minimum absolute atomic E-state index is 0.145. The topological polar surface area (TPSA) is 87.9 Å². The summed E-state index contributed by atoms with van der Waals surface area (Å²) in [5.74, 6) is 0.675. The maximum atomic E-state index is 11.9. The molecule has 0 saturated carbocycles. The molecule has 0 bridgehead atoms. The van der Waals surface area contributed by atoms with E-state index in [1.54, 1.807) is 6.07 Å². The number of nitrogens with zero attached hydrogens (tertiary/aromatic N) is 1. The number of esters is 1. The molecular weight excluding hydrogens is 334 g/mol. The Bertz CT molecular complexity index is 807. The molecule has 1 heterocycles. The number of hydrogen-bond acceptors (Lipinski definition) is 7. The van der Waals surface area contributed by atoms with Gasteiger partial charge in [-0.1, -0.05) is 11.8 Å². The smallest absolute Gasteiger partial charge is 0.339 e. The zero-order valence-electron chi connectivity index (χ0n) is 12.7. The van der Waals surface area contributed by atoms with Crippen LogP contribution in [0.15, 0.2) is 46.2 Å². The number of ether oxygens (including phenoxy) is 3. The molecule has 7 nitrogen and oxygen atoms in total. The van der Waals surface area contributed by atoms with Gasteiger partial charge in [0, 0.05) is 21.9 Å². The van der Waals surface area contributed by atoms with E-state index in [0.717, 1.165) is 4.90 Å². The highest BCUT2D eigenvalue weighted by Gasteiger charge is 2.19. The Morgan fingerprint density at radius 2 is 1.92 bits per heavy atom. The van der Waals surface area contributed by atoms with Gasteiger partial charge in [0.2, 0.25) is 0 Å². The number of hydrogen-bond donors (Lipinski definition) is 0. The third-order valence-electron chi connectivity index (χ3n) is 3.32. The van der Waals surface area contributed by atoms with Crippen LogP contribution in [-0.2, 0) is 4.74 Å². The Morgan fingerprint density at radius 1 is 1.17 bits per heavy atom. The Hall–Kier alpha value is -2.74. The summed E-state index contributed by atoms with van der Waals surface area (Å²) in [6.07, 6.45) is 0. The number of nitro groups is 1. The molecule has 24 heavy (non-hydrogen) atoms. The average molecular weight is 347 g/mol. The Kier molecular flexibility index (Phi) is 4.57. The lowest BCUT2D eigenvalue weighted by Crippen LogP contribution is -2.15. The first-order chi connectivity index (χ1) is 11.6. The van der Waals surface area contributed by atoms with Crippen LogP contribution in [0.5, 0.6) is 11.5 Å². The summed E-state index contributed by atoms with van der Waals surface area (Å²) >= 11 is 1.29. The molecule has 0 unspecified atom stereocenters. The third-order valence-corrected chi connectivity index (χ3v) is 4.39. The Labute approximate surface area is 141 Å².